The molecule has 1 aromatic carbocycles. The third-order valence-corrected chi connectivity index (χ3v) is 3.21. The third-order valence-electron chi connectivity index (χ3n) is 3.21. The van der Waals surface area contributed by atoms with E-state index < -0.39 is 0 Å². The zero-order chi connectivity index (χ0) is 10.8. The van der Waals surface area contributed by atoms with Crippen molar-refractivity contribution in [1.82, 2.24) is 10.2 Å². The molecule has 0 aliphatic heterocycles. The van der Waals surface area contributed by atoms with Gasteiger partial charge in [-0.25, -0.2) is 0 Å². The summed E-state index contributed by atoms with van der Waals surface area (Å²) >= 11 is 0. The molecule has 82 valence electrons. The molecule has 1 aliphatic carbocycles. The second kappa shape index (κ2) is 4.00. The number of anilines is 1. The second-order valence-corrected chi connectivity index (χ2v) is 4.27. The van der Waals surface area contributed by atoms with E-state index in [1.807, 2.05) is 12.4 Å². The van der Waals surface area contributed by atoms with Crippen molar-refractivity contribution in [3.63, 3.8) is 0 Å². The molecule has 1 atom stereocenters. The van der Waals surface area contributed by atoms with Crippen molar-refractivity contribution in [3.05, 3.63) is 47.8 Å². The average molecular weight is 213 g/mol. The first-order chi connectivity index (χ1) is 7.93. The van der Waals surface area contributed by atoms with E-state index in [1.165, 1.54) is 30.4 Å². The Bertz CT molecular complexity index is 462. The molecule has 0 unspecified atom stereocenters. The Labute approximate surface area is 94.9 Å². The Balaban J connectivity index is 1.87. The molecule has 0 fully saturated rings. The summed E-state index contributed by atoms with van der Waals surface area (Å²) in [4.78, 5) is 0. The van der Waals surface area contributed by atoms with Crippen LogP contribution in [0.5, 0.6) is 0 Å². The molecular formula is C13H15N3. The Kier molecular flexibility index (Phi) is 2.37. The highest BCUT2D eigenvalue weighted by Gasteiger charge is 2.19. The molecule has 3 rings (SSSR count). The molecule has 2 N–H and O–H groups in total. The van der Waals surface area contributed by atoms with Gasteiger partial charge in [0.25, 0.3) is 0 Å². The molecule has 1 aromatic heterocycles. The van der Waals surface area contributed by atoms with Gasteiger partial charge in [-0.3, -0.25) is 5.10 Å². The van der Waals surface area contributed by atoms with Crippen LogP contribution in [-0.2, 0) is 6.42 Å². The maximum absolute atomic E-state index is 3.96. The largest absolute Gasteiger partial charge is 0.376 e. The number of aromatic amines is 1. The van der Waals surface area contributed by atoms with E-state index in [9.17, 15) is 0 Å². The first-order valence-electron chi connectivity index (χ1n) is 5.76. The van der Waals surface area contributed by atoms with Crippen molar-refractivity contribution in [1.29, 1.82) is 0 Å². The quantitative estimate of drug-likeness (QED) is 0.805. The number of H-pyrrole nitrogens is 1. The van der Waals surface area contributed by atoms with Crippen LogP contribution < -0.4 is 5.32 Å². The molecule has 0 saturated heterocycles. The van der Waals surface area contributed by atoms with Crippen molar-refractivity contribution in [3.8, 4) is 0 Å². The molecule has 1 heterocycles. The molecule has 2 aromatic rings. The number of aryl methyl sites for hydroxylation is 1. The number of aromatic nitrogens is 2. The predicted octanol–water partition coefficient (Wildman–Crippen LogP) is 2.90. The lowest BCUT2D eigenvalue weighted by molar-refractivity contribution is 0.600. The Morgan fingerprint density at radius 3 is 3.12 bits per heavy atom. The van der Waals surface area contributed by atoms with Crippen molar-refractivity contribution in [2.75, 3.05) is 5.32 Å². The van der Waals surface area contributed by atoms with Gasteiger partial charge in [0.15, 0.2) is 0 Å². The van der Waals surface area contributed by atoms with Crippen molar-refractivity contribution in [2.24, 2.45) is 0 Å². The van der Waals surface area contributed by atoms with Crippen molar-refractivity contribution < 1.29 is 0 Å². The summed E-state index contributed by atoms with van der Waals surface area (Å²) in [5.41, 5.74) is 3.99. The molecule has 0 bridgehead atoms. The second-order valence-electron chi connectivity index (χ2n) is 4.27. The van der Waals surface area contributed by atoms with Crippen LogP contribution in [0.3, 0.4) is 0 Å². The van der Waals surface area contributed by atoms with Gasteiger partial charge in [0.05, 0.1) is 17.9 Å². The molecule has 0 amide bonds. The standard InChI is InChI=1S/C13H15N3/c1-2-6-12-10(4-1)5-3-7-13(12)16-11-8-14-15-9-11/h1-2,4,6,8-9,13,16H,3,5,7H2,(H,14,15)/t13-/m1/s1. The number of hydrogen-bond donors (Lipinski definition) is 2. The van der Waals surface area contributed by atoms with E-state index in [-0.39, 0.29) is 0 Å². The van der Waals surface area contributed by atoms with E-state index in [0.717, 1.165) is 5.69 Å². The van der Waals surface area contributed by atoms with Gasteiger partial charge in [0, 0.05) is 6.20 Å². The number of nitrogens with one attached hydrogen (secondary N) is 2. The normalized spacial score (nSPS) is 19.1. The topological polar surface area (TPSA) is 40.7 Å². The highest BCUT2D eigenvalue weighted by molar-refractivity contribution is 5.44. The molecule has 0 spiro atoms. The van der Waals surface area contributed by atoms with Crippen LogP contribution in [0.2, 0.25) is 0 Å². The summed E-state index contributed by atoms with van der Waals surface area (Å²) in [5.74, 6) is 0. The van der Waals surface area contributed by atoms with Crippen LogP contribution in [-0.4, -0.2) is 10.2 Å². The summed E-state index contributed by atoms with van der Waals surface area (Å²) in [5, 5.41) is 10.3. The van der Waals surface area contributed by atoms with Crippen LogP contribution in [0.15, 0.2) is 36.7 Å². The fourth-order valence-corrected chi connectivity index (χ4v) is 2.43. The van der Waals surface area contributed by atoms with Crippen LogP contribution in [0.4, 0.5) is 5.69 Å². The number of benzene rings is 1. The van der Waals surface area contributed by atoms with Crippen LogP contribution in [0, 0.1) is 0 Å². The van der Waals surface area contributed by atoms with Gasteiger partial charge in [-0.15, -0.1) is 0 Å². The Morgan fingerprint density at radius 1 is 1.31 bits per heavy atom. The Hall–Kier alpha value is -1.77. The first kappa shape index (κ1) is 9.46. The van der Waals surface area contributed by atoms with E-state index >= 15 is 0 Å². The summed E-state index contributed by atoms with van der Waals surface area (Å²) in [6.45, 7) is 0. The van der Waals surface area contributed by atoms with Gasteiger partial charge in [0.1, 0.15) is 0 Å². The molecule has 3 nitrogen and oxygen atoms in total. The van der Waals surface area contributed by atoms with Gasteiger partial charge in [-0.1, -0.05) is 24.3 Å². The molecule has 0 saturated carbocycles. The maximum atomic E-state index is 3.96. The highest BCUT2D eigenvalue weighted by atomic mass is 15.1. The maximum Gasteiger partial charge on any atom is 0.0728 e. The lowest BCUT2D eigenvalue weighted by atomic mass is 9.88. The fourth-order valence-electron chi connectivity index (χ4n) is 2.43. The smallest absolute Gasteiger partial charge is 0.0728 e. The predicted molar refractivity (Wildman–Crippen MR) is 64.3 cm³/mol. The minimum atomic E-state index is 0.433. The SMILES string of the molecule is c1ccc2c(c1)CCC[C@H]2Nc1cn[nH]c1. The molecule has 16 heavy (non-hydrogen) atoms. The van der Waals surface area contributed by atoms with Crippen LogP contribution in [0.25, 0.3) is 0 Å². The van der Waals surface area contributed by atoms with Crippen molar-refractivity contribution >= 4 is 5.69 Å². The monoisotopic (exact) mass is 213 g/mol. The van der Waals surface area contributed by atoms with Crippen LogP contribution >= 0.6 is 0 Å². The van der Waals surface area contributed by atoms with E-state index in [4.69, 9.17) is 0 Å². The lowest BCUT2D eigenvalue weighted by Crippen LogP contribution is -2.16. The summed E-state index contributed by atoms with van der Waals surface area (Å²) in [7, 11) is 0. The van der Waals surface area contributed by atoms with E-state index in [0.29, 0.717) is 6.04 Å². The summed E-state index contributed by atoms with van der Waals surface area (Å²) < 4.78 is 0. The van der Waals surface area contributed by atoms with Gasteiger partial charge >= 0.3 is 0 Å². The fraction of sp³-hybridized carbons (Fsp3) is 0.308. The third kappa shape index (κ3) is 1.69. The van der Waals surface area contributed by atoms with Crippen molar-refractivity contribution in [2.45, 2.75) is 25.3 Å². The van der Waals surface area contributed by atoms with Gasteiger partial charge in [0.2, 0.25) is 0 Å². The van der Waals surface area contributed by atoms with Crippen LogP contribution in [0.1, 0.15) is 30.0 Å². The van der Waals surface area contributed by atoms with E-state index in [1.54, 1.807) is 0 Å². The van der Waals surface area contributed by atoms with Gasteiger partial charge in [-0.2, -0.15) is 5.10 Å². The molecule has 0 radical (unpaired) electrons. The minimum absolute atomic E-state index is 0.433. The summed E-state index contributed by atoms with van der Waals surface area (Å²) in [6.07, 6.45) is 7.39. The summed E-state index contributed by atoms with van der Waals surface area (Å²) in [6, 6.07) is 9.14. The van der Waals surface area contributed by atoms with Gasteiger partial charge < -0.3 is 5.32 Å². The molecule has 3 heteroatoms. The lowest BCUT2D eigenvalue weighted by Gasteiger charge is -2.26. The number of nitrogens with zero attached hydrogens (tertiary/aromatic N) is 1. The number of fused-ring (bicyclic) bond motifs is 1. The Morgan fingerprint density at radius 2 is 2.25 bits per heavy atom. The minimum Gasteiger partial charge on any atom is -0.376 e. The zero-order valence-corrected chi connectivity index (χ0v) is 9.11. The average Bonchev–Trinajstić information content (AvgIpc) is 2.82. The number of rotatable bonds is 2. The first-order valence-corrected chi connectivity index (χ1v) is 5.76. The zero-order valence-electron chi connectivity index (χ0n) is 9.11. The van der Waals surface area contributed by atoms with E-state index in [2.05, 4.69) is 39.8 Å². The van der Waals surface area contributed by atoms with Gasteiger partial charge in [-0.05, 0) is 30.4 Å². The molecular weight excluding hydrogens is 198 g/mol. The number of hydrogen-bond acceptors (Lipinski definition) is 2. The highest BCUT2D eigenvalue weighted by Crippen LogP contribution is 2.31. The molecule has 1 aliphatic rings.